The predicted octanol–water partition coefficient (Wildman–Crippen LogP) is 2.35. The maximum Gasteiger partial charge on any atom is 0.0590 e. The number of methoxy groups -OCH3 is 1. The zero-order valence-corrected chi connectivity index (χ0v) is 12.0. The first-order chi connectivity index (χ1) is 8.60. The molecule has 1 rings (SSSR count). The topological polar surface area (TPSA) is 38.5 Å². The molecule has 0 spiro atoms. The van der Waals surface area contributed by atoms with Gasteiger partial charge in [-0.15, -0.1) is 0 Å². The molecule has 102 valence electrons. The molecule has 0 bridgehead atoms. The first kappa shape index (κ1) is 15.2. The van der Waals surface area contributed by atoms with E-state index < -0.39 is 0 Å². The van der Waals surface area contributed by atoms with Crippen LogP contribution in [0.25, 0.3) is 0 Å². The van der Waals surface area contributed by atoms with E-state index in [0.29, 0.717) is 12.6 Å². The SMILES string of the molecule is COCCN(C(C)C)C(CN)c1ccc(C)cc1. The van der Waals surface area contributed by atoms with Gasteiger partial charge in [-0.1, -0.05) is 29.8 Å². The van der Waals surface area contributed by atoms with Gasteiger partial charge < -0.3 is 10.5 Å². The van der Waals surface area contributed by atoms with Crippen molar-refractivity contribution in [2.24, 2.45) is 5.73 Å². The standard InChI is InChI=1S/C15H26N2O/c1-12(2)17(9-10-18-4)15(11-16)14-7-5-13(3)6-8-14/h5-8,12,15H,9-11,16H2,1-4H3. The van der Waals surface area contributed by atoms with Crippen LogP contribution in [0.2, 0.25) is 0 Å². The van der Waals surface area contributed by atoms with Crippen molar-refractivity contribution in [3.8, 4) is 0 Å². The highest BCUT2D eigenvalue weighted by Crippen LogP contribution is 2.22. The smallest absolute Gasteiger partial charge is 0.0590 e. The van der Waals surface area contributed by atoms with E-state index in [4.69, 9.17) is 10.5 Å². The van der Waals surface area contributed by atoms with E-state index in [9.17, 15) is 0 Å². The van der Waals surface area contributed by atoms with E-state index in [1.54, 1.807) is 7.11 Å². The summed E-state index contributed by atoms with van der Waals surface area (Å²) in [6.07, 6.45) is 0. The van der Waals surface area contributed by atoms with Gasteiger partial charge in [0.05, 0.1) is 6.61 Å². The van der Waals surface area contributed by atoms with E-state index >= 15 is 0 Å². The Labute approximate surface area is 111 Å². The molecule has 0 saturated heterocycles. The highest BCUT2D eigenvalue weighted by Gasteiger charge is 2.21. The third kappa shape index (κ3) is 4.09. The van der Waals surface area contributed by atoms with E-state index in [2.05, 4.69) is 49.9 Å². The monoisotopic (exact) mass is 250 g/mol. The summed E-state index contributed by atoms with van der Waals surface area (Å²) in [4.78, 5) is 2.40. The summed E-state index contributed by atoms with van der Waals surface area (Å²) in [5.74, 6) is 0. The van der Waals surface area contributed by atoms with Crippen LogP contribution < -0.4 is 5.73 Å². The van der Waals surface area contributed by atoms with Crippen molar-refractivity contribution in [3.05, 3.63) is 35.4 Å². The second-order valence-corrected chi connectivity index (χ2v) is 4.99. The molecule has 3 nitrogen and oxygen atoms in total. The van der Waals surface area contributed by atoms with Crippen LogP contribution in [0.1, 0.15) is 31.0 Å². The van der Waals surface area contributed by atoms with Crippen LogP contribution in [0.4, 0.5) is 0 Å². The van der Waals surface area contributed by atoms with Gasteiger partial charge in [0.2, 0.25) is 0 Å². The largest absolute Gasteiger partial charge is 0.383 e. The summed E-state index contributed by atoms with van der Waals surface area (Å²) < 4.78 is 5.19. The summed E-state index contributed by atoms with van der Waals surface area (Å²) in [7, 11) is 1.74. The summed E-state index contributed by atoms with van der Waals surface area (Å²) in [6, 6.07) is 9.36. The van der Waals surface area contributed by atoms with Gasteiger partial charge in [-0.05, 0) is 26.3 Å². The molecule has 1 aromatic carbocycles. The average Bonchev–Trinajstić information content (AvgIpc) is 2.35. The number of ether oxygens (including phenoxy) is 1. The quantitative estimate of drug-likeness (QED) is 0.807. The fourth-order valence-electron chi connectivity index (χ4n) is 2.22. The van der Waals surface area contributed by atoms with Gasteiger partial charge in [0.15, 0.2) is 0 Å². The first-order valence-corrected chi connectivity index (χ1v) is 6.61. The molecular formula is C15H26N2O. The van der Waals surface area contributed by atoms with Gasteiger partial charge in [-0.2, -0.15) is 0 Å². The maximum absolute atomic E-state index is 5.97. The second kappa shape index (κ2) is 7.52. The summed E-state index contributed by atoms with van der Waals surface area (Å²) >= 11 is 0. The number of hydrogen-bond acceptors (Lipinski definition) is 3. The molecule has 0 aromatic heterocycles. The van der Waals surface area contributed by atoms with Crippen molar-refractivity contribution in [2.75, 3.05) is 26.8 Å². The Kier molecular flexibility index (Phi) is 6.33. The molecule has 0 radical (unpaired) electrons. The highest BCUT2D eigenvalue weighted by atomic mass is 16.5. The van der Waals surface area contributed by atoms with Crippen molar-refractivity contribution in [3.63, 3.8) is 0 Å². The third-order valence-corrected chi connectivity index (χ3v) is 3.30. The van der Waals surface area contributed by atoms with Gasteiger partial charge in [0, 0.05) is 32.3 Å². The number of aryl methyl sites for hydroxylation is 1. The molecule has 0 saturated carbocycles. The van der Waals surface area contributed by atoms with Gasteiger partial charge in [-0.3, -0.25) is 4.90 Å². The summed E-state index contributed by atoms with van der Waals surface area (Å²) in [5.41, 5.74) is 8.54. The Hall–Kier alpha value is -0.900. The molecule has 0 aliphatic heterocycles. The minimum absolute atomic E-state index is 0.265. The molecule has 1 atom stereocenters. The number of rotatable bonds is 7. The van der Waals surface area contributed by atoms with Crippen molar-refractivity contribution in [2.45, 2.75) is 32.9 Å². The molecule has 3 heteroatoms. The van der Waals surface area contributed by atoms with Crippen molar-refractivity contribution < 1.29 is 4.74 Å². The molecule has 1 unspecified atom stereocenters. The molecular weight excluding hydrogens is 224 g/mol. The van der Waals surface area contributed by atoms with Crippen LogP contribution in [0, 0.1) is 6.92 Å². The number of nitrogens with zero attached hydrogens (tertiary/aromatic N) is 1. The molecule has 0 aliphatic rings. The van der Waals surface area contributed by atoms with Crippen molar-refractivity contribution in [1.29, 1.82) is 0 Å². The van der Waals surface area contributed by atoms with Crippen LogP contribution in [0.3, 0.4) is 0 Å². The molecule has 2 N–H and O–H groups in total. The normalized spacial score (nSPS) is 13.3. The lowest BCUT2D eigenvalue weighted by molar-refractivity contribution is 0.0979. The van der Waals surface area contributed by atoms with Gasteiger partial charge >= 0.3 is 0 Å². The van der Waals surface area contributed by atoms with Crippen molar-refractivity contribution in [1.82, 2.24) is 4.90 Å². The second-order valence-electron chi connectivity index (χ2n) is 4.99. The highest BCUT2D eigenvalue weighted by molar-refractivity contribution is 5.24. The van der Waals surface area contributed by atoms with Crippen LogP contribution in [-0.2, 0) is 4.74 Å². The Balaban J connectivity index is 2.87. The van der Waals surface area contributed by atoms with Crippen LogP contribution >= 0.6 is 0 Å². The van der Waals surface area contributed by atoms with E-state index in [1.807, 2.05) is 0 Å². The lowest BCUT2D eigenvalue weighted by Crippen LogP contribution is -2.40. The van der Waals surface area contributed by atoms with Gasteiger partial charge in [0.1, 0.15) is 0 Å². The Morgan fingerprint density at radius 2 is 1.83 bits per heavy atom. The fourth-order valence-corrected chi connectivity index (χ4v) is 2.22. The Morgan fingerprint density at radius 3 is 2.28 bits per heavy atom. The number of benzene rings is 1. The zero-order chi connectivity index (χ0) is 13.5. The van der Waals surface area contributed by atoms with Gasteiger partial charge in [0.25, 0.3) is 0 Å². The van der Waals surface area contributed by atoms with Crippen LogP contribution in [0.5, 0.6) is 0 Å². The maximum atomic E-state index is 5.97. The van der Waals surface area contributed by atoms with E-state index in [0.717, 1.165) is 13.2 Å². The van der Waals surface area contributed by atoms with Crippen LogP contribution in [0.15, 0.2) is 24.3 Å². The first-order valence-electron chi connectivity index (χ1n) is 6.61. The van der Waals surface area contributed by atoms with Crippen LogP contribution in [-0.4, -0.2) is 37.7 Å². The molecule has 0 fully saturated rings. The summed E-state index contributed by atoms with van der Waals surface area (Å²) in [6.45, 7) is 8.78. The lowest BCUT2D eigenvalue weighted by atomic mass is 10.0. The minimum atomic E-state index is 0.265. The average molecular weight is 250 g/mol. The van der Waals surface area contributed by atoms with Crippen molar-refractivity contribution >= 4 is 0 Å². The third-order valence-electron chi connectivity index (χ3n) is 3.30. The number of nitrogens with two attached hydrogens (primary N) is 1. The Bertz CT molecular complexity index is 335. The van der Waals surface area contributed by atoms with E-state index in [-0.39, 0.29) is 6.04 Å². The molecule has 0 heterocycles. The van der Waals surface area contributed by atoms with Gasteiger partial charge in [-0.25, -0.2) is 0 Å². The predicted molar refractivity (Wildman–Crippen MR) is 76.7 cm³/mol. The lowest BCUT2D eigenvalue weighted by Gasteiger charge is -2.34. The molecule has 18 heavy (non-hydrogen) atoms. The van der Waals surface area contributed by atoms with E-state index in [1.165, 1.54) is 11.1 Å². The molecule has 0 aliphatic carbocycles. The summed E-state index contributed by atoms with van der Waals surface area (Å²) in [5, 5.41) is 0. The fraction of sp³-hybridized carbons (Fsp3) is 0.600. The minimum Gasteiger partial charge on any atom is -0.383 e. The molecule has 0 amide bonds. The molecule has 1 aromatic rings. The Morgan fingerprint density at radius 1 is 1.22 bits per heavy atom. The number of hydrogen-bond donors (Lipinski definition) is 1. The zero-order valence-electron chi connectivity index (χ0n) is 12.0.